The Bertz CT molecular complexity index is 1080. The van der Waals surface area contributed by atoms with Crippen molar-refractivity contribution in [2.45, 2.75) is 27.2 Å². The van der Waals surface area contributed by atoms with E-state index in [1.165, 1.54) is 19.1 Å². The number of aromatic nitrogens is 1. The van der Waals surface area contributed by atoms with Crippen LogP contribution in [0.25, 0.3) is 17.0 Å². The summed E-state index contributed by atoms with van der Waals surface area (Å²) in [7, 11) is 0. The van der Waals surface area contributed by atoms with Crippen LogP contribution in [0.15, 0.2) is 42.5 Å². The van der Waals surface area contributed by atoms with Crippen molar-refractivity contribution in [3.8, 4) is 0 Å². The molecule has 0 spiro atoms. The van der Waals surface area contributed by atoms with Crippen LogP contribution in [0.3, 0.4) is 0 Å². The molecule has 0 atom stereocenters. The lowest BCUT2D eigenvalue weighted by atomic mass is 10.0. The number of aryl methyl sites for hydroxylation is 2. The van der Waals surface area contributed by atoms with Crippen LogP contribution >= 0.6 is 0 Å². The molecule has 0 aliphatic heterocycles. The molecule has 3 aromatic rings. The van der Waals surface area contributed by atoms with Crippen molar-refractivity contribution in [3.05, 3.63) is 76.2 Å². The number of ketones is 1. The predicted molar refractivity (Wildman–Crippen MR) is 110 cm³/mol. The minimum Gasteiger partial charge on any atom is -0.356 e. The zero-order valence-electron chi connectivity index (χ0n) is 16.2. The summed E-state index contributed by atoms with van der Waals surface area (Å²) in [6, 6.07) is 10.3. The topological polar surface area (TPSA) is 62.0 Å². The van der Waals surface area contributed by atoms with Crippen LogP contribution in [0.4, 0.5) is 4.39 Å². The lowest BCUT2D eigenvalue weighted by Crippen LogP contribution is -2.23. The maximum atomic E-state index is 14.0. The van der Waals surface area contributed by atoms with E-state index in [1.54, 1.807) is 30.3 Å². The van der Waals surface area contributed by atoms with Crippen LogP contribution in [0.5, 0.6) is 0 Å². The van der Waals surface area contributed by atoms with E-state index in [1.807, 2.05) is 19.9 Å². The highest BCUT2D eigenvalue weighted by Gasteiger charge is 2.13. The van der Waals surface area contributed by atoms with E-state index >= 15 is 0 Å². The summed E-state index contributed by atoms with van der Waals surface area (Å²) in [5, 5.41) is 3.75. The third kappa shape index (κ3) is 4.19. The molecule has 0 aliphatic carbocycles. The van der Waals surface area contributed by atoms with Gasteiger partial charge in [0, 0.05) is 29.3 Å². The summed E-state index contributed by atoms with van der Waals surface area (Å²) in [5.41, 5.74) is 4.86. The van der Waals surface area contributed by atoms with Gasteiger partial charge < -0.3 is 10.3 Å². The lowest BCUT2D eigenvalue weighted by Gasteiger charge is -2.05. The molecule has 144 valence electrons. The molecule has 0 saturated carbocycles. The molecule has 2 aromatic carbocycles. The smallest absolute Gasteiger partial charge is 0.244 e. The van der Waals surface area contributed by atoms with Crippen molar-refractivity contribution in [1.82, 2.24) is 10.3 Å². The first-order valence-electron chi connectivity index (χ1n) is 9.20. The number of fused-ring (bicyclic) bond motifs is 1. The number of benzene rings is 2. The molecule has 1 aromatic heterocycles. The molecular weight excluding hydrogens is 355 g/mol. The van der Waals surface area contributed by atoms with Gasteiger partial charge in [-0.1, -0.05) is 24.3 Å². The van der Waals surface area contributed by atoms with E-state index in [4.69, 9.17) is 0 Å². The number of halogens is 1. The number of amides is 1. The molecule has 0 fully saturated rings. The van der Waals surface area contributed by atoms with Gasteiger partial charge in [0.2, 0.25) is 5.91 Å². The molecule has 1 amide bonds. The summed E-state index contributed by atoms with van der Waals surface area (Å²) < 4.78 is 14.0. The largest absolute Gasteiger partial charge is 0.356 e. The lowest BCUT2D eigenvalue weighted by molar-refractivity contribution is -0.116. The third-order valence-electron chi connectivity index (χ3n) is 4.82. The quantitative estimate of drug-likeness (QED) is 0.490. The molecule has 0 bridgehead atoms. The predicted octanol–water partition coefficient (Wildman–Crippen LogP) is 4.50. The summed E-state index contributed by atoms with van der Waals surface area (Å²) in [6.45, 7) is 5.82. The summed E-state index contributed by atoms with van der Waals surface area (Å²) in [4.78, 5) is 26.6. The Labute approximate surface area is 163 Å². The molecule has 0 unspecified atom stereocenters. The fourth-order valence-corrected chi connectivity index (χ4v) is 3.36. The van der Waals surface area contributed by atoms with E-state index in [-0.39, 0.29) is 17.5 Å². The zero-order chi connectivity index (χ0) is 20.3. The van der Waals surface area contributed by atoms with Gasteiger partial charge in [-0.15, -0.1) is 0 Å². The number of rotatable bonds is 6. The molecule has 0 aliphatic rings. The van der Waals surface area contributed by atoms with Crippen molar-refractivity contribution in [2.24, 2.45) is 0 Å². The van der Waals surface area contributed by atoms with E-state index in [9.17, 15) is 14.0 Å². The molecule has 2 N–H and O–H groups in total. The minimum atomic E-state index is -0.269. The van der Waals surface area contributed by atoms with Gasteiger partial charge in [-0.2, -0.15) is 0 Å². The van der Waals surface area contributed by atoms with Gasteiger partial charge in [0.15, 0.2) is 5.78 Å². The first-order valence-corrected chi connectivity index (χ1v) is 9.20. The third-order valence-corrected chi connectivity index (χ3v) is 4.82. The monoisotopic (exact) mass is 378 g/mol. The number of hydrogen-bond donors (Lipinski definition) is 2. The maximum Gasteiger partial charge on any atom is 0.244 e. The molecule has 0 saturated heterocycles. The fourth-order valence-electron chi connectivity index (χ4n) is 3.36. The molecule has 0 radical (unpaired) electrons. The van der Waals surface area contributed by atoms with Gasteiger partial charge in [-0.05, 0) is 62.1 Å². The normalized spacial score (nSPS) is 11.3. The molecule has 28 heavy (non-hydrogen) atoms. The van der Waals surface area contributed by atoms with Gasteiger partial charge in [0.25, 0.3) is 0 Å². The Kier molecular flexibility index (Phi) is 5.73. The minimum absolute atomic E-state index is 0.0134. The highest BCUT2D eigenvalue weighted by molar-refractivity contribution is 5.95. The van der Waals surface area contributed by atoms with Crippen molar-refractivity contribution in [3.63, 3.8) is 0 Å². The Morgan fingerprint density at radius 2 is 1.96 bits per heavy atom. The Balaban J connectivity index is 1.64. The molecule has 5 heteroatoms. The number of aromatic amines is 1. The van der Waals surface area contributed by atoms with E-state index in [0.717, 1.165) is 27.8 Å². The second kappa shape index (κ2) is 8.21. The summed E-state index contributed by atoms with van der Waals surface area (Å²) in [5.74, 6) is -0.496. The van der Waals surface area contributed by atoms with Gasteiger partial charge in [0.05, 0.1) is 5.52 Å². The molecule has 3 rings (SSSR count). The first kappa shape index (κ1) is 19.5. The highest BCUT2D eigenvalue weighted by Crippen LogP contribution is 2.27. The number of Topliss-reactive ketones (excluding diaryl/α,β-unsaturated/α-hetero) is 1. The summed E-state index contributed by atoms with van der Waals surface area (Å²) >= 11 is 0. The van der Waals surface area contributed by atoms with Crippen LogP contribution in [0.1, 0.15) is 39.7 Å². The zero-order valence-corrected chi connectivity index (χ0v) is 16.2. The fraction of sp³-hybridized carbons (Fsp3) is 0.217. The van der Waals surface area contributed by atoms with Gasteiger partial charge in [0.1, 0.15) is 5.82 Å². The average Bonchev–Trinajstić information content (AvgIpc) is 3.01. The van der Waals surface area contributed by atoms with Gasteiger partial charge in [-0.25, -0.2) is 4.39 Å². The standard InChI is InChI=1S/C23H23FN2O2/c1-14-7-9-20(24)23-22(14)19(15(2)26-23)11-12-25-21(28)10-8-17-5-4-6-18(13-17)16(3)27/h4-10,13,26H,11-12H2,1-3H3,(H,25,28). The number of carbonyl (C=O) groups is 2. The highest BCUT2D eigenvalue weighted by atomic mass is 19.1. The van der Waals surface area contributed by atoms with Gasteiger partial charge >= 0.3 is 0 Å². The second-order valence-electron chi connectivity index (χ2n) is 6.90. The van der Waals surface area contributed by atoms with E-state index < -0.39 is 0 Å². The number of hydrogen-bond acceptors (Lipinski definition) is 2. The second-order valence-corrected chi connectivity index (χ2v) is 6.90. The average molecular weight is 378 g/mol. The Hall–Kier alpha value is -3.21. The molecular formula is C23H23FN2O2. The van der Waals surface area contributed by atoms with Gasteiger partial charge in [-0.3, -0.25) is 9.59 Å². The van der Waals surface area contributed by atoms with Crippen molar-refractivity contribution in [2.75, 3.05) is 6.54 Å². The molecule has 4 nitrogen and oxygen atoms in total. The number of nitrogens with one attached hydrogen (secondary N) is 2. The van der Waals surface area contributed by atoms with Crippen molar-refractivity contribution < 1.29 is 14.0 Å². The Morgan fingerprint density at radius 3 is 2.71 bits per heavy atom. The van der Waals surface area contributed by atoms with Crippen molar-refractivity contribution >= 4 is 28.7 Å². The number of H-pyrrole nitrogens is 1. The first-order chi connectivity index (χ1) is 13.4. The van der Waals surface area contributed by atoms with Crippen LogP contribution in [0.2, 0.25) is 0 Å². The Morgan fingerprint density at radius 1 is 1.18 bits per heavy atom. The van der Waals surface area contributed by atoms with Crippen molar-refractivity contribution in [1.29, 1.82) is 0 Å². The van der Waals surface area contributed by atoms with E-state index in [2.05, 4.69) is 10.3 Å². The van der Waals surface area contributed by atoms with Crippen LogP contribution in [0, 0.1) is 19.7 Å². The summed E-state index contributed by atoms with van der Waals surface area (Å²) in [6.07, 6.45) is 3.74. The SMILES string of the molecule is CC(=O)c1cccc(C=CC(=O)NCCc2c(C)[nH]c3c(F)ccc(C)c23)c1. The van der Waals surface area contributed by atoms with Crippen LogP contribution in [-0.4, -0.2) is 23.2 Å². The molecule has 1 heterocycles. The van der Waals surface area contributed by atoms with Crippen LogP contribution < -0.4 is 5.32 Å². The van der Waals surface area contributed by atoms with Crippen LogP contribution in [-0.2, 0) is 11.2 Å². The maximum absolute atomic E-state index is 14.0. The van der Waals surface area contributed by atoms with E-state index in [0.29, 0.717) is 24.0 Å². The number of carbonyl (C=O) groups excluding carboxylic acids is 2.